The maximum Gasteiger partial charge on any atom is 0.266 e. The fraction of sp³-hybridized carbons (Fsp3) is 0.533. The molecule has 0 spiro atoms. The van der Waals surface area contributed by atoms with Crippen LogP contribution in [0, 0.1) is 5.92 Å². The van der Waals surface area contributed by atoms with Gasteiger partial charge in [-0.25, -0.2) is 0 Å². The standard InChI is InChI=1S/C15H20ClNO3/c1-15(2,20-13-5-3-4-12(16)8-13)14(19)17-7-6-11(9-17)10-18/h3-5,8,11,18H,6-7,9-10H2,1-2H3. The fourth-order valence-corrected chi connectivity index (χ4v) is 2.60. The third-order valence-electron chi connectivity index (χ3n) is 3.52. The summed E-state index contributed by atoms with van der Waals surface area (Å²) in [6, 6.07) is 7.02. The van der Waals surface area contributed by atoms with Gasteiger partial charge < -0.3 is 14.7 Å². The number of carbonyl (C=O) groups excluding carboxylic acids is 1. The summed E-state index contributed by atoms with van der Waals surface area (Å²) in [6.07, 6.45) is 0.843. The molecule has 0 radical (unpaired) electrons. The average Bonchev–Trinajstić information content (AvgIpc) is 2.85. The van der Waals surface area contributed by atoms with Crippen LogP contribution in [0.3, 0.4) is 0 Å². The van der Waals surface area contributed by atoms with E-state index in [0.29, 0.717) is 23.9 Å². The maximum absolute atomic E-state index is 12.5. The zero-order chi connectivity index (χ0) is 14.8. The normalized spacial score (nSPS) is 19.2. The molecule has 1 N–H and O–H groups in total. The van der Waals surface area contributed by atoms with Crippen molar-refractivity contribution in [3.63, 3.8) is 0 Å². The lowest BCUT2D eigenvalue weighted by atomic mass is 10.1. The van der Waals surface area contributed by atoms with Crippen LogP contribution in [0.5, 0.6) is 5.75 Å². The van der Waals surface area contributed by atoms with E-state index in [1.54, 1.807) is 43.0 Å². The second-order valence-electron chi connectivity index (χ2n) is 5.66. The largest absolute Gasteiger partial charge is 0.478 e. The number of ether oxygens (including phenoxy) is 1. The predicted molar refractivity (Wildman–Crippen MR) is 77.9 cm³/mol. The van der Waals surface area contributed by atoms with Crippen LogP contribution in [0.4, 0.5) is 0 Å². The van der Waals surface area contributed by atoms with Crippen LogP contribution in [0.15, 0.2) is 24.3 Å². The topological polar surface area (TPSA) is 49.8 Å². The van der Waals surface area contributed by atoms with E-state index in [2.05, 4.69) is 0 Å². The lowest BCUT2D eigenvalue weighted by Gasteiger charge is -2.30. The van der Waals surface area contributed by atoms with Gasteiger partial charge in [-0.15, -0.1) is 0 Å². The molecule has 1 aliphatic rings. The molecule has 110 valence electrons. The number of rotatable bonds is 4. The fourth-order valence-electron chi connectivity index (χ4n) is 2.42. The molecule has 0 saturated carbocycles. The number of likely N-dealkylation sites (tertiary alicyclic amines) is 1. The molecular formula is C15H20ClNO3. The number of halogens is 1. The van der Waals surface area contributed by atoms with E-state index in [-0.39, 0.29) is 18.4 Å². The van der Waals surface area contributed by atoms with Crippen molar-refractivity contribution in [3.8, 4) is 5.75 Å². The molecule has 0 aliphatic carbocycles. The van der Waals surface area contributed by atoms with Crippen molar-refractivity contribution in [2.45, 2.75) is 25.9 Å². The number of aliphatic hydroxyl groups excluding tert-OH is 1. The van der Waals surface area contributed by atoms with Crippen molar-refractivity contribution in [2.75, 3.05) is 19.7 Å². The summed E-state index contributed by atoms with van der Waals surface area (Å²) in [5.74, 6) is 0.697. The van der Waals surface area contributed by atoms with Gasteiger partial charge in [0.05, 0.1) is 0 Å². The zero-order valence-electron chi connectivity index (χ0n) is 11.8. The van der Waals surface area contributed by atoms with E-state index in [0.717, 1.165) is 6.42 Å². The average molecular weight is 298 g/mol. The lowest BCUT2D eigenvalue weighted by molar-refractivity contribution is -0.144. The molecule has 1 amide bonds. The molecule has 1 unspecified atom stereocenters. The van der Waals surface area contributed by atoms with E-state index in [9.17, 15) is 4.79 Å². The van der Waals surface area contributed by atoms with E-state index in [4.69, 9.17) is 21.4 Å². The molecular weight excluding hydrogens is 278 g/mol. The molecule has 0 bridgehead atoms. The third-order valence-corrected chi connectivity index (χ3v) is 3.75. The predicted octanol–water partition coefficient (Wildman–Crippen LogP) is 2.34. The monoisotopic (exact) mass is 297 g/mol. The quantitative estimate of drug-likeness (QED) is 0.928. The van der Waals surface area contributed by atoms with Crippen LogP contribution in [-0.4, -0.2) is 41.2 Å². The molecule has 5 heteroatoms. The summed E-state index contributed by atoms with van der Waals surface area (Å²) in [7, 11) is 0. The Morgan fingerprint density at radius 2 is 2.30 bits per heavy atom. The highest BCUT2D eigenvalue weighted by molar-refractivity contribution is 6.30. The highest BCUT2D eigenvalue weighted by atomic mass is 35.5. The SMILES string of the molecule is CC(C)(Oc1cccc(Cl)c1)C(=O)N1CCC(CO)C1. The lowest BCUT2D eigenvalue weighted by Crippen LogP contribution is -2.48. The number of amides is 1. The van der Waals surface area contributed by atoms with Crippen molar-refractivity contribution in [2.24, 2.45) is 5.92 Å². The van der Waals surface area contributed by atoms with Crippen LogP contribution < -0.4 is 4.74 Å². The van der Waals surface area contributed by atoms with E-state index < -0.39 is 5.60 Å². The van der Waals surface area contributed by atoms with Gasteiger partial charge in [0, 0.05) is 30.6 Å². The van der Waals surface area contributed by atoms with Gasteiger partial charge in [-0.05, 0) is 38.5 Å². The summed E-state index contributed by atoms with van der Waals surface area (Å²) in [6.45, 7) is 4.90. The molecule has 1 atom stereocenters. The summed E-state index contributed by atoms with van der Waals surface area (Å²) in [4.78, 5) is 14.3. The molecule has 1 heterocycles. The Bertz CT molecular complexity index is 490. The van der Waals surface area contributed by atoms with Gasteiger partial charge >= 0.3 is 0 Å². The molecule has 4 nitrogen and oxygen atoms in total. The maximum atomic E-state index is 12.5. The highest BCUT2D eigenvalue weighted by Gasteiger charge is 2.37. The molecule has 0 aromatic heterocycles. The van der Waals surface area contributed by atoms with Gasteiger partial charge in [0.15, 0.2) is 5.60 Å². The van der Waals surface area contributed by atoms with Gasteiger partial charge in [-0.2, -0.15) is 0 Å². The smallest absolute Gasteiger partial charge is 0.266 e. The Morgan fingerprint density at radius 1 is 1.55 bits per heavy atom. The van der Waals surface area contributed by atoms with Crippen molar-refractivity contribution < 1.29 is 14.6 Å². The number of aliphatic hydroxyl groups is 1. The molecule has 1 saturated heterocycles. The molecule has 1 aromatic rings. The van der Waals surface area contributed by atoms with E-state index in [1.807, 2.05) is 0 Å². The first-order valence-electron chi connectivity index (χ1n) is 6.77. The molecule has 20 heavy (non-hydrogen) atoms. The van der Waals surface area contributed by atoms with Gasteiger partial charge in [0.1, 0.15) is 5.75 Å². The Kier molecular flexibility index (Phi) is 4.55. The minimum Gasteiger partial charge on any atom is -0.478 e. The van der Waals surface area contributed by atoms with E-state index in [1.165, 1.54) is 0 Å². The van der Waals surface area contributed by atoms with Crippen LogP contribution in [0.25, 0.3) is 0 Å². The number of carbonyl (C=O) groups is 1. The van der Waals surface area contributed by atoms with Crippen molar-refractivity contribution in [3.05, 3.63) is 29.3 Å². The van der Waals surface area contributed by atoms with Crippen LogP contribution in [0.1, 0.15) is 20.3 Å². The molecule has 1 aliphatic heterocycles. The number of nitrogens with zero attached hydrogens (tertiary/aromatic N) is 1. The molecule has 1 aromatic carbocycles. The van der Waals surface area contributed by atoms with Crippen LogP contribution >= 0.6 is 11.6 Å². The van der Waals surface area contributed by atoms with Crippen LogP contribution in [-0.2, 0) is 4.79 Å². The molecule has 1 fully saturated rings. The highest BCUT2D eigenvalue weighted by Crippen LogP contribution is 2.25. The van der Waals surface area contributed by atoms with Crippen LogP contribution in [0.2, 0.25) is 5.02 Å². The minimum absolute atomic E-state index is 0.0616. The molecule has 2 rings (SSSR count). The summed E-state index contributed by atoms with van der Waals surface area (Å²) in [5.41, 5.74) is -0.949. The zero-order valence-corrected chi connectivity index (χ0v) is 12.6. The Hall–Kier alpha value is -1.26. The second kappa shape index (κ2) is 6.02. The summed E-state index contributed by atoms with van der Waals surface area (Å²) in [5, 5.41) is 9.73. The number of benzene rings is 1. The summed E-state index contributed by atoms with van der Waals surface area (Å²) < 4.78 is 5.79. The third kappa shape index (κ3) is 3.44. The van der Waals surface area contributed by atoms with Gasteiger partial charge in [-0.3, -0.25) is 4.79 Å². The second-order valence-corrected chi connectivity index (χ2v) is 6.09. The van der Waals surface area contributed by atoms with E-state index >= 15 is 0 Å². The number of hydrogen-bond acceptors (Lipinski definition) is 3. The van der Waals surface area contributed by atoms with Gasteiger partial charge in [0.25, 0.3) is 5.91 Å². The Labute approximate surface area is 124 Å². The Morgan fingerprint density at radius 3 is 2.90 bits per heavy atom. The first kappa shape index (κ1) is 15.1. The van der Waals surface area contributed by atoms with Gasteiger partial charge in [-0.1, -0.05) is 17.7 Å². The summed E-state index contributed by atoms with van der Waals surface area (Å²) >= 11 is 5.92. The first-order chi connectivity index (χ1) is 9.42. The van der Waals surface area contributed by atoms with Crippen molar-refractivity contribution in [1.29, 1.82) is 0 Å². The first-order valence-corrected chi connectivity index (χ1v) is 7.15. The van der Waals surface area contributed by atoms with Crippen molar-refractivity contribution in [1.82, 2.24) is 4.90 Å². The van der Waals surface area contributed by atoms with Gasteiger partial charge in [0.2, 0.25) is 0 Å². The Balaban J connectivity index is 2.04. The minimum atomic E-state index is -0.949. The number of hydrogen-bond donors (Lipinski definition) is 1. The van der Waals surface area contributed by atoms with Crippen molar-refractivity contribution >= 4 is 17.5 Å².